The van der Waals surface area contributed by atoms with E-state index in [9.17, 15) is 9.59 Å². The summed E-state index contributed by atoms with van der Waals surface area (Å²) in [7, 11) is 0. The van der Waals surface area contributed by atoms with Crippen LogP contribution in [0.3, 0.4) is 0 Å². The molecule has 0 saturated heterocycles. The molecule has 2 aromatic carbocycles. The molecule has 26 heavy (non-hydrogen) atoms. The second-order valence-corrected chi connectivity index (χ2v) is 6.77. The van der Waals surface area contributed by atoms with E-state index in [4.69, 9.17) is 0 Å². The van der Waals surface area contributed by atoms with Crippen LogP contribution in [-0.2, 0) is 22.7 Å². The molecular formula is C22H24N2O2. The second-order valence-electron chi connectivity index (χ2n) is 6.77. The van der Waals surface area contributed by atoms with Gasteiger partial charge in [-0.2, -0.15) is 0 Å². The maximum Gasteiger partial charge on any atom is 0.231 e. The molecule has 134 valence electrons. The van der Waals surface area contributed by atoms with Gasteiger partial charge in [0.1, 0.15) is 5.92 Å². The van der Waals surface area contributed by atoms with E-state index in [1.807, 2.05) is 67.6 Å². The zero-order valence-corrected chi connectivity index (χ0v) is 14.9. The van der Waals surface area contributed by atoms with E-state index in [1.165, 1.54) is 0 Å². The van der Waals surface area contributed by atoms with Crippen molar-refractivity contribution in [3.05, 3.63) is 83.6 Å². The van der Waals surface area contributed by atoms with Gasteiger partial charge in [0.2, 0.25) is 5.91 Å². The van der Waals surface area contributed by atoms with Crippen molar-refractivity contribution in [3.63, 3.8) is 0 Å². The fraction of sp³-hybridized carbons (Fsp3) is 0.273. The molecule has 0 aliphatic heterocycles. The molecule has 1 aliphatic rings. The molecule has 4 heteroatoms. The molecule has 2 aromatic rings. The maximum absolute atomic E-state index is 12.5. The molecule has 0 heterocycles. The van der Waals surface area contributed by atoms with Crippen molar-refractivity contribution < 1.29 is 9.59 Å². The minimum Gasteiger partial charge on any atom is -0.384 e. The minimum absolute atomic E-state index is 0.0263. The highest BCUT2D eigenvalue weighted by atomic mass is 16.2. The van der Waals surface area contributed by atoms with Crippen LogP contribution < -0.4 is 10.6 Å². The summed E-state index contributed by atoms with van der Waals surface area (Å²) in [6, 6.07) is 19.8. The van der Waals surface area contributed by atoms with Gasteiger partial charge >= 0.3 is 0 Å². The van der Waals surface area contributed by atoms with E-state index in [2.05, 4.69) is 10.6 Å². The van der Waals surface area contributed by atoms with Crippen LogP contribution >= 0.6 is 0 Å². The van der Waals surface area contributed by atoms with Crippen LogP contribution in [0, 0.1) is 11.8 Å². The van der Waals surface area contributed by atoms with Gasteiger partial charge in [-0.25, -0.2) is 0 Å². The van der Waals surface area contributed by atoms with E-state index in [0.717, 1.165) is 16.8 Å². The van der Waals surface area contributed by atoms with Crippen LogP contribution in [0.2, 0.25) is 0 Å². The summed E-state index contributed by atoms with van der Waals surface area (Å²) in [5.74, 6) is -0.947. The van der Waals surface area contributed by atoms with E-state index in [1.54, 1.807) is 6.08 Å². The quantitative estimate of drug-likeness (QED) is 0.788. The SMILES string of the molecule is C[C@@H]1CC(NCc2ccccc2)=CC(=O)[C@@H]1C(=O)NCc1ccccc1. The number of hydrogen-bond acceptors (Lipinski definition) is 3. The largest absolute Gasteiger partial charge is 0.384 e. The lowest BCUT2D eigenvalue weighted by molar-refractivity contribution is -0.134. The van der Waals surface area contributed by atoms with Gasteiger partial charge in [-0.3, -0.25) is 9.59 Å². The number of carbonyl (C=O) groups excluding carboxylic acids is 2. The molecule has 2 N–H and O–H groups in total. The molecule has 1 aliphatic carbocycles. The molecule has 2 atom stereocenters. The number of benzene rings is 2. The Morgan fingerprint density at radius 2 is 1.54 bits per heavy atom. The predicted molar refractivity (Wildman–Crippen MR) is 102 cm³/mol. The summed E-state index contributed by atoms with van der Waals surface area (Å²) in [5.41, 5.74) is 3.09. The molecule has 0 aromatic heterocycles. The van der Waals surface area contributed by atoms with Crippen molar-refractivity contribution in [1.82, 2.24) is 10.6 Å². The fourth-order valence-corrected chi connectivity index (χ4v) is 3.28. The van der Waals surface area contributed by atoms with E-state index in [0.29, 0.717) is 19.5 Å². The molecule has 0 spiro atoms. The van der Waals surface area contributed by atoms with E-state index in [-0.39, 0.29) is 17.6 Å². The fourth-order valence-electron chi connectivity index (χ4n) is 3.28. The van der Waals surface area contributed by atoms with Crippen molar-refractivity contribution >= 4 is 11.7 Å². The Hall–Kier alpha value is -2.88. The summed E-state index contributed by atoms with van der Waals surface area (Å²) < 4.78 is 0. The van der Waals surface area contributed by atoms with Gasteiger partial charge < -0.3 is 10.6 Å². The molecule has 0 bridgehead atoms. The average Bonchev–Trinajstić information content (AvgIpc) is 2.66. The standard InChI is InChI=1S/C22H24N2O2/c1-16-12-19(23-14-17-8-4-2-5-9-17)13-20(25)21(16)22(26)24-15-18-10-6-3-7-11-18/h2-11,13,16,21,23H,12,14-15H2,1H3,(H,24,26)/t16-,21-/m1/s1. The Bertz CT molecular complexity index is 784. The van der Waals surface area contributed by atoms with Crippen LogP contribution in [-0.4, -0.2) is 11.7 Å². The highest BCUT2D eigenvalue weighted by Crippen LogP contribution is 2.26. The number of carbonyl (C=O) groups is 2. The summed E-state index contributed by atoms with van der Waals surface area (Å²) in [6.07, 6.45) is 2.29. The predicted octanol–water partition coefficient (Wildman–Crippen LogP) is 3.20. The Kier molecular flexibility index (Phi) is 5.84. The first-order chi connectivity index (χ1) is 12.6. The number of rotatable bonds is 6. The molecule has 1 amide bonds. The van der Waals surface area contributed by atoms with E-state index < -0.39 is 5.92 Å². The van der Waals surface area contributed by atoms with E-state index >= 15 is 0 Å². The third-order valence-corrected chi connectivity index (χ3v) is 4.69. The third kappa shape index (κ3) is 4.60. The summed E-state index contributed by atoms with van der Waals surface area (Å²) in [5, 5.41) is 6.22. The maximum atomic E-state index is 12.5. The lowest BCUT2D eigenvalue weighted by Gasteiger charge is -2.27. The van der Waals surface area contributed by atoms with Crippen molar-refractivity contribution in [2.75, 3.05) is 0 Å². The Morgan fingerprint density at radius 1 is 0.962 bits per heavy atom. The van der Waals surface area contributed by atoms with Crippen molar-refractivity contribution in [1.29, 1.82) is 0 Å². The van der Waals surface area contributed by atoms with Crippen LogP contribution in [0.4, 0.5) is 0 Å². The van der Waals surface area contributed by atoms with Crippen LogP contribution in [0.1, 0.15) is 24.5 Å². The Morgan fingerprint density at radius 3 is 2.12 bits per heavy atom. The number of hydrogen-bond donors (Lipinski definition) is 2. The van der Waals surface area contributed by atoms with Gasteiger partial charge in [-0.05, 0) is 23.5 Å². The molecule has 3 rings (SSSR count). The topological polar surface area (TPSA) is 58.2 Å². The number of allylic oxidation sites excluding steroid dienone is 2. The van der Waals surface area contributed by atoms with Crippen molar-refractivity contribution in [2.45, 2.75) is 26.4 Å². The van der Waals surface area contributed by atoms with Crippen LogP contribution in [0.15, 0.2) is 72.4 Å². The number of amides is 1. The zero-order valence-electron chi connectivity index (χ0n) is 14.9. The lowest BCUT2D eigenvalue weighted by Crippen LogP contribution is -2.41. The van der Waals surface area contributed by atoms with Gasteiger partial charge in [-0.15, -0.1) is 0 Å². The van der Waals surface area contributed by atoms with Crippen molar-refractivity contribution in [3.8, 4) is 0 Å². The minimum atomic E-state index is -0.610. The van der Waals surface area contributed by atoms with Gasteiger partial charge in [0.05, 0.1) is 0 Å². The van der Waals surface area contributed by atoms with Crippen molar-refractivity contribution in [2.24, 2.45) is 11.8 Å². The highest BCUT2D eigenvalue weighted by molar-refractivity contribution is 6.07. The molecule has 0 radical (unpaired) electrons. The first-order valence-corrected chi connectivity index (χ1v) is 8.97. The van der Waals surface area contributed by atoms with Gasteiger partial charge in [-0.1, -0.05) is 67.6 Å². The average molecular weight is 348 g/mol. The molecule has 0 unspecified atom stereocenters. The summed E-state index contributed by atoms with van der Waals surface area (Å²) in [4.78, 5) is 25.0. The second kappa shape index (κ2) is 8.48. The molecular weight excluding hydrogens is 324 g/mol. The smallest absolute Gasteiger partial charge is 0.231 e. The molecule has 4 nitrogen and oxygen atoms in total. The number of ketones is 1. The summed E-state index contributed by atoms with van der Waals surface area (Å²) in [6.45, 7) is 3.08. The van der Waals surface area contributed by atoms with Crippen LogP contribution in [0.25, 0.3) is 0 Å². The third-order valence-electron chi connectivity index (χ3n) is 4.69. The first-order valence-electron chi connectivity index (χ1n) is 8.97. The van der Waals surface area contributed by atoms with Crippen LogP contribution in [0.5, 0.6) is 0 Å². The lowest BCUT2D eigenvalue weighted by atomic mass is 9.81. The monoisotopic (exact) mass is 348 g/mol. The first kappa shape index (κ1) is 17.9. The molecule has 0 fully saturated rings. The Balaban J connectivity index is 1.57. The highest BCUT2D eigenvalue weighted by Gasteiger charge is 2.34. The summed E-state index contributed by atoms with van der Waals surface area (Å²) >= 11 is 0. The van der Waals surface area contributed by atoms with Gasteiger partial charge in [0.15, 0.2) is 5.78 Å². The van der Waals surface area contributed by atoms with Gasteiger partial charge in [0.25, 0.3) is 0 Å². The molecule has 0 saturated carbocycles. The normalized spacial score (nSPS) is 19.6. The number of nitrogens with one attached hydrogen (secondary N) is 2. The zero-order chi connectivity index (χ0) is 18.4. The Labute approximate surface area is 154 Å². The van der Waals surface area contributed by atoms with Gasteiger partial charge in [0, 0.05) is 24.9 Å².